The molecule has 1 aromatic rings. The van der Waals surface area contributed by atoms with Gasteiger partial charge in [0.25, 0.3) is 5.56 Å². The van der Waals surface area contributed by atoms with Crippen molar-refractivity contribution in [3.8, 4) is 0 Å². The number of nitrogens with zero attached hydrogens (tertiary/aromatic N) is 1. The molecule has 0 unspecified atom stereocenters. The van der Waals surface area contributed by atoms with Gasteiger partial charge < -0.3 is 14.5 Å². The highest BCUT2D eigenvalue weighted by molar-refractivity contribution is 7.99. The minimum Gasteiger partial charge on any atom is -0.465 e. The van der Waals surface area contributed by atoms with E-state index in [-0.39, 0.29) is 23.9 Å². The number of esters is 1. The lowest BCUT2D eigenvalue weighted by molar-refractivity contribution is -0.141. The molecular formula is C12H18N2O4S. The summed E-state index contributed by atoms with van der Waals surface area (Å²) < 4.78 is 9.94. The van der Waals surface area contributed by atoms with Gasteiger partial charge in [0.05, 0.1) is 24.7 Å². The number of hydrogen-bond donors (Lipinski definition) is 1. The average Bonchev–Trinajstić information content (AvgIpc) is 2.33. The maximum Gasteiger partial charge on any atom is 0.316 e. The molecule has 0 amide bonds. The Kier molecular flexibility index (Phi) is 6.58. The highest BCUT2D eigenvalue weighted by atomic mass is 32.2. The summed E-state index contributed by atoms with van der Waals surface area (Å²) in [6.07, 6.45) is 0. The first-order valence-corrected chi connectivity index (χ1v) is 6.87. The van der Waals surface area contributed by atoms with Crippen LogP contribution in [0.15, 0.2) is 16.0 Å². The molecule has 1 N–H and O–H groups in total. The molecule has 0 aliphatic carbocycles. The van der Waals surface area contributed by atoms with E-state index in [1.165, 1.54) is 13.2 Å². The zero-order valence-electron chi connectivity index (χ0n) is 11.3. The van der Waals surface area contributed by atoms with Gasteiger partial charge in [-0.05, 0) is 5.92 Å². The molecule has 106 valence electrons. The third kappa shape index (κ3) is 6.40. The summed E-state index contributed by atoms with van der Waals surface area (Å²) in [6.45, 7) is 4.59. The molecule has 0 aliphatic heterocycles. The number of H-pyrrole nitrogens is 1. The zero-order valence-corrected chi connectivity index (χ0v) is 12.1. The fourth-order valence-electron chi connectivity index (χ4n) is 1.20. The van der Waals surface area contributed by atoms with Crippen molar-refractivity contribution in [3.05, 3.63) is 22.1 Å². The first-order chi connectivity index (χ1) is 9.01. The fraction of sp³-hybridized carbons (Fsp3) is 0.583. The van der Waals surface area contributed by atoms with E-state index >= 15 is 0 Å². The minimum atomic E-state index is -0.321. The third-order valence-corrected chi connectivity index (χ3v) is 2.82. The van der Waals surface area contributed by atoms with Crippen LogP contribution < -0.4 is 5.56 Å². The summed E-state index contributed by atoms with van der Waals surface area (Å²) in [4.78, 5) is 29.5. The third-order valence-electron chi connectivity index (χ3n) is 1.97. The predicted molar refractivity (Wildman–Crippen MR) is 72.1 cm³/mol. The number of thioether (sulfide) groups is 1. The van der Waals surface area contributed by atoms with Gasteiger partial charge in [0, 0.05) is 13.2 Å². The van der Waals surface area contributed by atoms with E-state index in [0.29, 0.717) is 23.4 Å². The van der Waals surface area contributed by atoms with Crippen molar-refractivity contribution in [2.24, 2.45) is 5.92 Å². The number of carbonyl (C=O) groups is 1. The van der Waals surface area contributed by atoms with Crippen molar-refractivity contribution in [2.45, 2.75) is 25.6 Å². The van der Waals surface area contributed by atoms with Gasteiger partial charge in [0.2, 0.25) is 0 Å². The van der Waals surface area contributed by atoms with Gasteiger partial charge in [-0.25, -0.2) is 4.98 Å². The molecule has 0 spiro atoms. The lowest BCUT2D eigenvalue weighted by Gasteiger charge is -2.07. The van der Waals surface area contributed by atoms with Gasteiger partial charge in [-0.15, -0.1) is 0 Å². The van der Waals surface area contributed by atoms with Crippen LogP contribution in [0.2, 0.25) is 0 Å². The van der Waals surface area contributed by atoms with E-state index < -0.39 is 0 Å². The lowest BCUT2D eigenvalue weighted by Crippen LogP contribution is -2.14. The Morgan fingerprint density at radius 1 is 1.53 bits per heavy atom. The number of aromatic amines is 1. The maximum atomic E-state index is 11.4. The van der Waals surface area contributed by atoms with Crippen molar-refractivity contribution in [3.63, 3.8) is 0 Å². The summed E-state index contributed by atoms with van der Waals surface area (Å²) in [6, 6.07) is 1.37. The lowest BCUT2D eigenvalue weighted by atomic mass is 10.2. The average molecular weight is 286 g/mol. The van der Waals surface area contributed by atoms with Crippen LogP contribution in [0.5, 0.6) is 0 Å². The molecular weight excluding hydrogens is 268 g/mol. The van der Waals surface area contributed by atoms with Crippen LogP contribution in [0.3, 0.4) is 0 Å². The summed E-state index contributed by atoms with van der Waals surface area (Å²) >= 11 is 1.14. The highest BCUT2D eigenvalue weighted by Crippen LogP contribution is 2.12. The number of methoxy groups -OCH3 is 1. The largest absolute Gasteiger partial charge is 0.465 e. The van der Waals surface area contributed by atoms with E-state index in [9.17, 15) is 9.59 Å². The van der Waals surface area contributed by atoms with Crippen LogP contribution >= 0.6 is 11.8 Å². The quantitative estimate of drug-likeness (QED) is 0.461. The van der Waals surface area contributed by atoms with Crippen molar-refractivity contribution >= 4 is 17.7 Å². The van der Waals surface area contributed by atoms with Crippen LogP contribution in [0.25, 0.3) is 0 Å². The number of aromatic nitrogens is 2. The second-order valence-electron chi connectivity index (χ2n) is 4.34. The summed E-state index contributed by atoms with van der Waals surface area (Å²) in [5.41, 5.74) is 0.268. The van der Waals surface area contributed by atoms with Crippen molar-refractivity contribution in [2.75, 3.05) is 19.5 Å². The Morgan fingerprint density at radius 2 is 2.26 bits per heavy atom. The van der Waals surface area contributed by atoms with E-state index in [4.69, 9.17) is 9.47 Å². The van der Waals surface area contributed by atoms with Gasteiger partial charge in [0.15, 0.2) is 5.16 Å². The molecule has 6 nitrogen and oxygen atoms in total. The topological polar surface area (TPSA) is 81.3 Å². The molecule has 0 saturated heterocycles. The fourth-order valence-corrected chi connectivity index (χ4v) is 1.89. The van der Waals surface area contributed by atoms with E-state index in [1.54, 1.807) is 0 Å². The van der Waals surface area contributed by atoms with Crippen LogP contribution in [-0.4, -0.2) is 35.4 Å². The number of nitrogens with one attached hydrogen (secondary N) is 1. The van der Waals surface area contributed by atoms with E-state index in [0.717, 1.165) is 11.8 Å². The molecule has 0 aromatic carbocycles. The molecule has 1 rings (SSSR count). The molecule has 7 heteroatoms. The zero-order chi connectivity index (χ0) is 14.3. The minimum absolute atomic E-state index is 0.117. The Morgan fingerprint density at radius 3 is 2.89 bits per heavy atom. The van der Waals surface area contributed by atoms with Gasteiger partial charge in [0.1, 0.15) is 0 Å². The van der Waals surface area contributed by atoms with E-state index in [2.05, 4.69) is 9.97 Å². The second-order valence-corrected chi connectivity index (χ2v) is 5.30. The number of hydrogen-bond acceptors (Lipinski definition) is 6. The molecule has 0 aliphatic rings. The Bertz CT molecular complexity index is 473. The second kappa shape index (κ2) is 7.96. The molecule has 0 bridgehead atoms. The Hall–Kier alpha value is -1.34. The maximum absolute atomic E-state index is 11.4. The SMILES string of the molecule is COCc1cc(=O)[nH]c(SCC(=O)OCC(C)C)n1. The number of carbonyl (C=O) groups excluding carboxylic acids is 1. The molecule has 0 fully saturated rings. The van der Waals surface area contributed by atoms with Gasteiger partial charge >= 0.3 is 5.97 Å². The standard InChI is InChI=1S/C12H18N2O4S/c1-8(2)5-18-11(16)7-19-12-13-9(6-17-3)4-10(15)14-12/h4,8H,5-7H2,1-3H3,(H,13,14,15). The van der Waals surface area contributed by atoms with Crippen LogP contribution in [-0.2, 0) is 20.9 Å². The predicted octanol–water partition coefficient (Wildman–Crippen LogP) is 1.21. The molecule has 1 aromatic heterocycles. The normalized spacial score (nSPS) is 10.7. The summed E-state index contributed by atoms with van der Waals surface area (Å²) in [5.74, 6) is 0.0990. The highest BCUT2D eigenvalue weighted by Gasteiger charge is 2.08. The van der Waals surface area contributed by atoms with Gasteiger partial charge in [-0.2, -0.15) is 0 Å². The summed E-state index contributed by atoms with van der Waals surface area (Å²) in [5, 5.41) is 0.390. The van der Waals surface area contributed by atoms with Crippen LogP contribution in [0.4, 0.5) is 0 Å². The molecule has 19 heavy (non-hydrogen) atoms. The van der Waals surface area contributed by atoms with Crippen LogP contribution in [0, 0.1) is 5.92 Å². The monoisotopic (exact) mass is 286 g/mol. The van der Waals surface area contributed by atoms with Crippen LogP contribution in [0.1, 0.15) is 19.5 Å². The smallest absolute Gasteiger partial charge is 0.316 e. The van der Waals surface area contributed by atoms with Crippen molar-refractivity contribution in [1.82, 2.24) is 9.97 Å². The van der Waals surface area contributed by atoms with E-state index in [1.807, 2.05) is 13.8 Å². The van der Waals surface area contributed by atoms with Crippen molar-refractivity contribution < 1.29 is 14.3 Å². The molecule has 0 atom stereocenters. The number of rotatable bonds is 7. The first-order valence-electron chi connectivity index (χ1n) is 5.89. The molecule has 0 radical (unpaired) electrons. The Labute approximate surface area is 115 Å². The van der Waals surface area contributed by atoms with Gasteiger partial charge in [-0.3, -0.25) is 9.59 Å². The first kappa shape index (κ1) is 15.7. The Balaban J connectivity index is 2.52. The molecule has 1 heterocycles. The number of ether oxygens (including phenoxy) is 2. The van der Waals surface area contributed by atoms with Crippen molar-refractivity contribution in [1.29, 1.82) is 0 Å². The molecule has 0 saturated carbocycles. The summed E-state index contributed by atoms with van der Waals surface area (Å²) in [7, 11) is 1.53. The van der Waals surface area contributed by atoms with Gasteiger partial charge in [-0.1, -0.05) is 25.6 Å².